The van der Waals surface area contributed by atoms with Gasteiger partial charge in [0.15, 0.2) is 0 Å². The first-order valence-corrected chi connectivity index (χ1v) is 11.8. The molecule has 1 saturated heterocycles. The number of amides is 2. The van der Waals surface area contributed by atoms with Gasteiger partial charge in [0, 0.05) is 13.0 Å². The maximum absolute atomic E-state index is 12.2. The summed E-state index contributed by atoms with van der Waals surface area (Å²) in [5.74, 6) is 1.32. The highest BCUT2D eigenvalue weighted by atomic mass is 32.2. The average Bonchev–Trinajstić information content (AvgIpc) is 3.53. The molecule has 6 heteroatoms. The standard InChI is InChI=1S/C25H32N2O3S/c1-3-18(4-2)5-6-20(15-19-7-8-19)13-14-30-22-11-9-21(10-12-22)16-25(17-26)23(28)27-24(29)31-25/h3,5-6,9-12,19H,1,4,7-8,13-17,26H2,2H3,(H,27,28,29). The Morgan fingerprint density at radius 2 is 2.03 bits per heavy atom. The fourth-order valence-corrected chi connectivity index (χ4v) is 4.58. The second-order valence-corrected chi connectivity index (χ2v) is 9.59. The Morgan fingerprint density at radius 1 is 1.29 bits per heavy atom. The highest BCUT2D eigenvalue weighted by Gasteiger charge is 2.46. The van der Waals surface area contributed by atoms with E-state index in [-0.39, 0.29) is 17.7 Å². The normalized spacial score (nSPS) is 21.9. The summed E-state index contributed by atoms with van der Waals surface area (Å²) in [6, 6.07) is 7.70. The third-order valence-electron chi connectivity index (χ3n) is 5.80. The van der Waals surface area contributed by atoms with Crippen molar-refractivity contribution >= 4 is 22.9 Å². The maximum Gasteiger partial charge on any atom is 0.286 e. The zero-order chi connectivity index (χ0) is 22.3. The number of nitrogens with two attached hydrogens (primary N) is 1. The zero-order valence-corrected chi connectivity index (χ0v) is 19.0. The lowest BCUT2D eigenvalue weighted by Gasteiger charge is -2.22. The number of imide groups is 1. The summed E-state index contributed by atoms with van der Waals surface area (Å²) in [5, 5.41) is 2.00. The molecule has 1 saturated carbocycles. The van der Waals surface area contributed by atoms with Gasteiger partial charge in [-0.2, -0.15) is 0 Å². The van der Waals surface area contributed by atoms with Gasteiger partial charge in [0.2, 0.25) is 5.91 Å². The zero-order valence-electron chi connectivity index (χ0n) is 18.2. The van der Waals surface area contributed by atoms with Crippen LogP contribution in [0.5, 0.6) is 5.75 Å². The maximum atomic E-state index is 12.2. The number of benzene rings is 1. The Labute approximate surface area is 189 Å². The van der Waals surface area contributed by atoms with Crippen LogP contribution in [0.25, 0.3) is 0 Å². The first-order chi connectivity index (χ1) is 15.0. The Bertz CT molecular complexity index is 871. The van der Waals surface area contributed by atoms with E-state index in [9.17, 15) is 9.59 Å². The Morgan fingerprint density at radius 3 is 2.58 bits per heavy atom. The van der Waals surface area contributed by atoms with Crippen LogP contribution in [0.1, 0.15) is 44.6 Å². The molecule has 0 bridgehead atoms. The van der Waals surface area contributed by atoms with Gasteiger partial charge in [-0.3, -0.25) is 14.9 Å². The molecule has 1 aliphatic carbocycles. The van der Waals surface area contributed by atoms with E-state index in [1.165, 1.54) is 24.0 Å². The van der Waals surface area contributed by atoms with E-state index in [0.717, 1.165) is 48.3 Å². The molecule has 2 aliphatic rings. The van der Waals surface area contributed by atoms with E-state index in [0.29, 0.717) is 13.0 Å². The fourth-order valence-electron chi connectivity index (χ4n) is 3.61. The van der Waals surface area contributed by atoms with E-state index in [1.807, 2.05) is 30.3 Å². The molecular formula is C25H32N2O3S. The van der Waals surface area contributed by atoms with Crippen molar-refractivity contribution in [2.75, 3.05) is 13.2 Å². The van der Waals surface area contributed by atoms with Crippen molar-refractivity contribution < 1.29 is 14.3 Å². The van der Waals surface area contributed by atoms with Gasteiger partial charge in [0.25, 0.3) is 5.24 Å². The number of thioether (sulfide) groups is 1. The predicted octanol–water partition coefficient (Wildman–Crippen LogP) is 4.93. The van der Waals surface area contributed by atoms with Crippen molar-refractivity contribution in [3.63, 3.8) is 0 Å². The van der Waals surface area contributed by atoms with Gasteiger partial charge in [-0.25, -0.2) is 0 Å². The van der Waals surface area contributed by atoms with E-state index in [1.54, 1.807) is 0 Å². The van der Waals surface area contributed by atoms with Crippen molar-refractivity contribution in [1.29, 1.82) is 0 Å². The van der Waals surface area contributed by atoms with Crippen LogP contribution in [-0.2, 0) is 11.2 Å². The van der Waals surface area contributed by atoms with Crippen molar-refractivity contribution in [3.8, 4) is 5.75 Å². The van der Waals surface area contributed by atoms with Gasteiger partial charge in [-0.1, -0.05) is 49.4 Å². The van der Waals surface area contributed by atoms with Gasteiger partial charge in [0.1, 0.15) is 10.5 Å². The largest absolute Gasteiger partial charge is 0.493 e. The third kappa shape index (κ3) is 6.58. The molecule has 1 atom stereocenters. The number of rotatable bonds is 12. The van der Waals surface area contributed by atoms with E-state index >= 15 is 0 Å². The lowest BCUT2D eigenvalue weighted by molar-refractivity contribution is -0.121. The van der Waals surface area contributed by atoms with Gasteiger partial charge in [-0.15, -0.1) is 0 Å². The minimum Gasteiger partial charge on any atom is -0.493 e. The van der Waals surface area contributed by atoms with E-state index < -0.39 is 4.75 Å². The van der Waals surface area contributed by atoms with Gasteiger partial charge in [-0.05, 0) is 73.1 Å². The Balaban J connectivity index is 1.55. The summed E-state index contributed by atoms with van der Waals surface area (Å²) < 4.78 is 5.05. The molecule has 1 aliphatic heterocycles. The smallest absolute Gasteiger partial charge is 0.286 e. The number of nitrogens with one attached hydrogen (secondary N) is 1. The highest BCUT2D eigenvalue weighted by molar-refractivity contribution is 8.16. The van der Waals surface area contributed by atoms with Crippen LogP contribution in [0.3, 0.4) is 0 Å². The number of carbonyl (C=O) groups excluding carboxylic acids is 2. The first-order valence-electron chi connectivity index (χ1n) is 10.9. The number of ether oxygens (including phenoxy) is 1. The van der Waals surface area contributed by atoms with Crippen LogP contribution >= 0.6 is 11.8 Å². The molecule has 0 radical (unpaired) electrons. The van der Waals surface area contributed by atoms with Gasteiger partial charge < -0.3 is 10.5 Å². The minimum atomic E-state index is -0.918. The second-order valence-electron chi connectivity index (χ2n) is 8.23. The summed E-state index contributed by atoms with van der Waals surface area (Å²) in [5.41, 5.74) is 9.44. The number of allylic oxidation sites excluding steroid dienone is 4. The molecule has 2 amide bonds. The number of hydrogen-bond donors (Lipinski definition) is 2. The van der Waals surface area contributed by atoms with Crippen LogP contribution in [-0.4, -0.2) is 29.0 Å². The average molecular weight is 441 g/mol. The molecule has 166 valence electrons. The Kier molecular flexibility index (Phi) is 8.15. The fraction of sp³-hybridized carbons (Fsp3) is 0.440. The topological polar surface area (TPSA) is 81.4 Å². The number of hydrogen-bond acceptors (Lipinski definition) is 5. The minimum absolute atomic E-state index is 0.115. The molecule has 3 N–H and O–H groups in total. The molecule has 2 fully saturated rings. The molecule has 3 rings (SSSR count). The molecule has 1 aromatic carbocycles. The summed E-state index contributed by atoms with van der Waals surface area (Å²) in [6.45, 7) is 6.75. The second kappa shape index (κ2) is 10.8. The summed E-state index contributed by atoms with van der Waals surface area (Å²) in [7, 11) is 0. The van der Waals surface area contributed by atoms with E-state index in [2.05, 4.69) is 31.0 Å². The van der Waals surface area contributed by atoms with Crippen LogP contribution in [0.15, 0.2) is 60.2 Å². The van der Waals surface area contributed by atoms with Crippen molar-refractivity contribution in [2.45, 2.75) is 50.2 Å². The quantitative estimate of drug-likeness (QED) is 0.451. The predicted molar refractivity (Wildman–Crippen MR) is 127 cm³/mol. The molecule has 5 nitrogen and oxygen atoms in total. The first kappa shape index (κ1) is 23.4. The monoisotopic (exact) mass is 440 g/mol. The molecule has 1 unspecified atom stereocenters. The van der Waals surface area contributed by atoms with E-state index in [4.69, 9.17) is 10.5 Å². The molecular weight excluding hydrogens is 408 g/mol. The molecule has 1 heterocycles. The lowest BCUT2D eigenvalue weighted by atomic mass is 9.97. The summed E-state index contributed by atoms with van der Waals surface area (Å²) in [4.78, 5) is 23.7. The molecule has 0 spiro atoms. The van der Waals surface area contributed by atoms with Crippen LogP contribution in [0.2, 0.25) is 0 Å². The highest BCUT2D eigenvalue weighted by Crippen LogP contribution is 2.36. The summed E-state index contributed by atoms with van der Waals surface area (Å²) in [6.07, 6.45) is 12.4. The van der Waals surface area contributed by atoms with Gasteiger partial charge in [0.05, 0.1) is 6.61 Å². The SMILES string of the molecule is C=CC(=CC=C(CCOc1ccc(CC2(CN)SC(=O)NC2=O)cc1)CC1CC1)CC. The third-order valence-corrected chi connectivity index (χ3v) is 6.98. The number of carbonyl (C=O) groups is 2. The van der Waals surface area contributed by atoms with Crippen molar-refractivity contribution in [3.05, 3.63) is 65.8 Å². The van der Waals surface area contributed by atoms with Crippen molar-refractivity contribution in [2.24, 2.45) is 11.7 Å². The van der Waals surface area contributed by atoms with Crippen LogP contribution in [0.4, 0.5) is 4.79 Å². The van der Waals surface area contributed by atoms with Crippen LogP contribution < -0.4 is 15.8 Å². The summed E-state index contributed by atoms with van der Waals surface area (Å²) >= 11 is 0.984. The molecule has 0 aromatic heterocycles. The van der Waals surface area contributed by atoms with Crippen LogP contribution in [0, 0.1) is 5.92 Å². The van der Waals surface area contributed by atoms with Crippen molar-refractivity contribution in [1.82, 2.24) is 5.32 Å². The lowest BCUT2D eigenvalue weighted by Crippen LogP contribution is -2.44. The molecule has 1 aromatic rings. The Hall–Kier alpha value is -2.31. The van der Waals surface area contributed by atoms with Gasteiger partial charge >= 0.3 is 0 Å². The molecule has 31 heavy (non-hydrogen) atoms.